The minimum atomic E-state index is 0.0815. The first kappa shape index (κ1) is 116. The van der Waals surface area contributed by atoms with Crippen LogP contribution in [0.3, 0.4) is 0 Å². The van der Waals surface area contributed by atoms with Gasteiger partial charge < -0.3 is 50.2 Å². The average molecular weight is 1980 g/mol. The first-order chi connectivity index (χ1) is 67.9. The lowest BCUT2D eigenvalue weighted by molar-refractivity contribution is -0.144. The molecule has 9 fully saturated rings. The van der Waals surface area contributed by atoms with E-state index in [1.165, 1.54) is 87.8 Å². The smallest absolute Gasteiger partial charge is 0.237 e. The van der Waals surface area contributed by atoms with Crippen molar-refractivity contribution in [2.45, 2.75) is 194 Å². The predicted octanol–water partition coefficient (Wildman–Crippen LogP) is 19.2. The molecular weight excluding hydrogens is 1830 g/mol. The van der Waals surface area contributed by atoms with Crippen molar-refractivity contribution in [2.75, 3.05) is 72.4 Å². The van der Waals surface area contributed by atoms with Gasteiger partial charge in [-0.15, -0.1) is 0 Å². The highest BCUT2D eigenvalue weighted by Crippen LogP contribution is 2.32. The van der Waals surface area contributed by atoms with Crippen molar-refractivity contribution in [3.63, 3.8) is 0 Å². The highest BCUT2D eigenvalue weighted by Gasteiger charge is 2.37. The highest BCUT2D eigenvalue weighted by molar-refractivity contribution is 7.97. The zero-order valence-electron chi connectivity index (χ0n) is 83.5. The summed E-state index contributed by atoms with van der Waals surface area (Å²) in [6, 6.07) is 57.5. The van der Waals surface area contributed by atoms with E-state index < -0.39 is 0 Å². The Hall–Kier alpha value is -12.5. The number of rotatable bonds is 42. The molecule has 24 nitrogen and oxygen atoms in total. The molecule has 6 aromatic rings. The summed E-state index contributed by atoms with van der Waals surface area (Å²) in [4.78, 5) is 166. The zero-order valence-corrected chi connectivity index (χ0v) is 86.0. The van der Waals surface area contributed by atoms with Gasteiger partial charge in [0, 0.05) is 135 Å². The van der Waals surface area contributed by atoms with Crippen LogP contribution in [-0.4, -0.2) is 195 Å². The van der Waals surface area contributed by atoms with Gasteiger partial charge in [0.05, 0.1) is 35.5 Å². The molecule has 6 aromatic carbocycles. The lowest BCUT2D eigenvalue weighted by Gasteiger charge is -2.37. The number of ketones is 6. The maximum Gasteiger partial charge on any atom is 0.237 e. The Bertz CT molecular complexity index is 4940. The summed E-state index contributed by atoms with van der Waals surface area (Å²) in [5.74, 6) is 4.75. The topological polar surface area (TPSA) is 320 Å². The van der Waals surface area contributed by atoms with Gasteiger partial charge >= 0.3 is 0 Å². The standard InChI is InChI=1S/2C19H19NOS.C16H15NOS.6C10H15NO2/c2*1-22-20-14-18(19(20)21)9-5-6-15-10-12-17(13-11-15)16-7-3-2-4-8-16;18-16-10-11-17(16)19-12-13-6-8-15(9-7-13)14-4-2-1-3-5-14;2*1-8(12)5-3-4-6-9-7-10(13)11(9)2;4*1-8(12)5-3-2-4-6-9-7-11-10(9)13/h2*2-8,10-13,18H,9,14H2,1H3;1-9H,10-12H2;2*3,5,9H,4,6-7H2,1-2H3;4*2,4,9H,3,5-7H2,1H3,(H,11,13)/b2*6-5+;;2*5-3+;2*4-2+;2*4-2-/t2*18-;;6*9-/m10.101010/s1. The van der Waals surface area contributed by atoms with E-state index in [-0.39, 0.29) is 123 Å². The molecule has 0 aromatic heterocycles. The molecule has 9 saturated heterocycles. The molecular formula is C114H143N9O15S3. The van der Waals surface area contributed by atoms with E-state index in [4.69, 9.17) is 0 Å². The molecule has 9 amide bonds. The van der Waals surface area contributed by atoms with Crippen molar-refractivity contribution < 1.29 is 71.9 Å². The number of carbonyl (C=O) groups is 15. The van der Waals surface area contributed by atoms with E-state index in [9.17, 15) is 71.9 Å². The molecule has 0 saturated carbocycles. The van der Waals surface area contributed by atoms with Gasteiger partial charge in [-0.1, -0.05) is 273 Å². The van der Waals surface area contributed by atoms with Gasteiger partial charge in [0.15, 0.2) is 11.6 Å². The summed E-state index contributed by atoms with van der Waals surface area (Å²) < 4.78 is 5.46. The van der Waals surface area contributed by atoms with E-state index in [1.807, 2.05) is 118 Å². The predicted molar refractivity (Wildman–Crippen MR) is 569 cm³/mol. The third-order valence-electron chi connectivity index (χ3n) is 24.5. The van der Waals surface area contributed by atoms with Gasteiger partial charge in [0.25, 0.3) is 0 Å². The maximum absolute atomic E-state index is 11.7. The van der Waals surface area contributed by atoms with Crippen LogP contribution in [0.15, 0.2) is 249 Å². The fraction of sp³-hybridized carbons (Fsp3) is 0.412. The second-order valence-electron chi connectivity index (χ2n) is 35.9. The van der Waals surface area contributed by atoms with Gasteiger partial charge in [0.1, 0.15) is 23.1 Å². The molecule has 4 N–H and O–H groups in total. The quantitative estimate of drug-likeness (QED) is 0.0120. The van der Waals surface area contributed by atoms with Gasteiger partial charge in [-0.2, -0.15) is 0 Å². The maximum atomic E-state index is 11.7. The van der Waals surface area contributed by atoms with Crippen molar-refractivity contribution in [1.82, 2.24) is 44.0 Å². The fourth-order valence-electron chi connectivity index (χ4n) is 14.7. The minimum Gasteiger partial charge on any atom is -0.355 e. The molecule has 0 aliphatic carbocycles. The summed E-state index contributed by atoms with van der Waals surface area (Å²) in [7, 11) is 3.65. The monoisotopic (exact) mass is 1970 g/mol. The molecule has 9 heterocycles. The first-order valence-electron chi connectivity index (χ1n) is 48.9. The van der Waals surface area contributed by atoms with Crippen molar-refractivity contribution in [3.05, 3.63) is 266 Å². The summed E-state index contributed by atoms with van der Waals surface area (Å²) >= 11 is 4.63. The first-order valence-corrected chi connectivity index (χ1v) is 52.2. The third-order valence-corrected chi connectivity index (χ3v) is 27.2. The van der Waals surface area contributed by atoms with Crippen LogP contribution >= 0.6 is 35.8 Å². The van der Waals surface area contributed by atoms with Gasteiger partial charge in [0.2, 0.25) is 53.2 Å². The lowest BCUT2D eigenvalue weighted by atomic mass is 9.97. The Morgan fingerprint density at radius 2 is 0.624 bits per heavy atom. The van der Waals surface area contributed by atoms with Crippen LogP contribution in [0.1, 0.15) is 193 Å². The fourth-order valence-corrected chi connectivity index (χ4v) is 17.0. The van der Waals surface area contributed by atoms with Crippen molar-refractivity contribution in [2.24, 2.45) is 35.5 Å². The number of carbonyl (C=O) groups excluding carboxylic acids is 15. The average Bonchev–Trinajstić information content (AvgIpc) is 0.832. The SMILES string of the molecule is CC(=O)/C=C/CC[C@@H]1CC(=O)N1C.CC(=O)/C=C/CC[C@H]1CC(=O)N1C.CC(=O)CC/C=C/C[C@@H]1CNC1=O.CC(=O)CC/C=C/C[C@H]1CNC1=O.CC(=O)CC/C=C\C[C@@H]1CNC1=O.CC(=O)CC/C=C\C[C@H]1CNC1=O.CSN1C[C@@H](C/C=C/c2ccc(-c3ccccc3)cc2)C1=O.CSN1C[C@H](C/C=C/c2ccc(-c3ccccc3)cc2)C1=O.O=C1CCN1SCc1ccc(-c2ccccc2)cc1. The molecule has 27 heteroatoms. The Morgan fingerprint density at radius 1 is 0.333 bits per heavy atom. The van der Waals surface area contributed by atoms with Crippen LogP contribution in [-0.2, 0) is 77.7 Å². The molecule has 141 heavy (non-hydrogen) atoms. The van der Waals surface area contributed by atoms with E-state index >= 15 is 0 Å². The second kappa shape index (κ2) is 64.8. The lowest BCUT2D eigenvalue weighted by Crippen LogP contribution is -2.49. The van der Waals surface area contributed by atoms with E-state index in [1.54, 1.807) is 61.6 Å². The van der Waals surface area contributed by atoms with Crippen molar-refractivity contribution in [3.8, 4) is 33.4 Å². The third kappa shape index (κ3) is 44.1. The molecule has 752 valence electrons. The number of β-lactam (4-membered cyclic amide) rings is 9. The molecule has 0 bridgehead atoms. The van der Waals surface area contributed by atoms with Crippen LogP contribution < -0.4 is 21.3 Å². The number of hydrogen-bond acceptors (Lipinski definition) is 18. The van der Waals surface area contributed by atoms with E-state index in [0.717, 1.165) is 141 Å². The molecule has 15 rings (SSSR count). The molecule has 0 spiro atoms. The van der Waals surface area contributed by atoms with Crippen molar-refractivity contribution in [1.29, 1.82) is 0 Å². The Labute approximate surface area is 847 Å². The molecule has 9 aliphatic heterocycles. The number of allylic oxidation sites excluding steroid dienone is 14. The van der Waals surface area contributed by atoms with Crippen LogP contribution in [0.2, 0.25) is 0 Å². The van der Waals surface area contributed by atoms with Crippen LogP contribution in [0.25, 0.3) is 45.5 Å². The number of amides is 9. The van der Waals surface area contributed by atoms with Gasteiger partial charge in [-0.05, 0) is 206 Å². The van der Waals surface area contributed by atoms with Crippen LogP contribution in [0, 0.1) is 35.5 Å². The Morgan fingerprint density at radius 3 is 0.851 bits per heavy atom. The van der Waals surface area contributed by atoms with Gasteiger partial charge in [-0.25, -0.2) is 0 Å². The second-order valence-corrected chi connectivity index (χ2v) is 38.5. The number of hydrogen-bond donors (Lipinski definition) is 4. The molecule has 8 atom stereocenters. The molecule has 9 aliphatic rings. The largest absolute Gasteiger partial charge is 0.355 e. The summed E-state index contributed by atoms with van der Waals surface area (Å²) in [5, 5.41) is 10.8. The number of Topliss-reactive ketones (excluding diaryl/α,β-unsaturated/α-hetero) is 4. The number of nitrogens with one attached hydrogen (secondary N) is 4. The van der Waals surface area contributed by atoms with Crippen LogP contribution in [0.4, 0.5) is 0 Å². The minimum absolute atomic E-state index is 0.0815. The Balaban J connectivity index is 0.000000218. The summed E-state index contributed by atoms with van der Waals surface area (Å²) in [5.41, 5.74) is 11.0. The number of likely N-dealkylation sites (tertiary alicyclic amines) is 2. The highest BCUT2D eigenvalue weighted by atomic mass is 32.2. The normalized spacial score (nSPS) is 19.4. The molecule has 0 unspecified atom stereocenters. The number of nitrogens with zero attached hydrogens (tertiary/aromatic N) is 5. The van der Waals surface area contributed by atoms with Crippen LogP contribution in [0.5, 0.6) is 0 Å². The van der Waals surface area contributed by atoms with Gasteiger partial charge in [-0.3, -0.25) is 65.7 Å². The van der Waals surface area contributed by atoms with E-state index in [0.29, 0.717) is 57.0 Å². The number of benzene rings is 6. The summed E-state index contributed by atoms with van der Waals surface area (Å²) in [6.07, 6.45) is 51.3. The van der Waals surface area contributed by atoms with E-state index in [2.05, 4.69) is 191 Å². The Kier molecular flexibility index (Phi) is 53.1. The summed E-state index contributed by atoms with van der Waals surface area (Å²) in [6.45, 7) is 15.3. The zero-order chi connectivity index (χ0) is 102. The van der Waals surface area contributed by atoms with Crippen molar-refractivity contribution >= 4 is 136 Å². The molecule has 0 radical (unpaired) electrons.